The molecule has 0 aliphatic carbocycles. The van der Waals surface area contributed by atoms with Gasteiger partial charge in [-0.1, -0.05) is 36.4 Å². The van der Waals surface area contributed by atoms with Crippen molar-refractivity contribution in [3.05, 3.63) is 72.3 Å². The van der Waals surface area contributed by atoms with Crippen molar-refractivity contribution < 1.29 is 13.2 Å². The molecule has 1 fully saturated rings. The summed E-state index contributed by atoms with van der Waals surface area (Å²) in [5, 5.41) is 8.37. The molecule has 4 rings (SSSR count). The lowest BCUT2D eigenvalue weighted by Gasteiger charge is -2.17. The summed E-state index contributed by atoms with van der Waals surface area (Å²) < 4.78 is 26.7. The van der Waals surface area contributed by atoms with Gasteiger partial charge in [0.2, 0.25) is 15.9 Å². The van der Waals surface area contributed by atoms with Gasteiger partial charge < -0.3 is 10.6 Å². The van der Waals surface area contributed by atoms with Gasteiger partial charge in [-0.2, -0.15) is 4.31 Å². The predicted molar refractivity (Wildman–Crippen MR) is 123 cm³/mol. The molecule has 0 radical (unpaired) electrons. The Balaban J connectivity index is 1.32. The molecular weight excluding hydrogens is 410 g/mol. The van der Waals surface area contributed by atoms with Gasteiger partial charge in [-0.3, -0.25) is 4.79 Å². The number of nitrogens with zero attached hydrogens (tertiary/aromatic N) is 1. The number of hydrogen-bond acceptors (Lipinski definition) is 4. The minimum Gasteiger partial charge on any atom is -0.376 e. The van der Waals surface area contributed by atoms with E-state index in [2.05, 4.69) is 34.9 Å². The molecule has 3 aromatic rings. The molecule has 31 heavy (non-hydrogen) atoms. The summed E-state index contributed by atoms with van der Waals surface area (Å²) in [5.41, 5.74) is 1.75. The normalized spacial score (nSPS) is 15.6. The van der Waals surface area contributed by atoms with E-state index >= 15 is 0 Å². The van der Waals surface area contributed by atoms with Crippen molar-refractivity contribution in [3.63, 3.8) is 0 Å². The summed E-state index contributed by atoms with van der Waals surface area (Å²) in [6, 6.07) is 20.8. The maximum atomic E-state index is 12.6. The molecule has 1 saturated heterocycles. The number of anilines is 1. The minimum atomic E-state index is -3.42. The maximum absolute atomic E-state index is 12.6. The second-order valence-electron chi connectivity index (χ2n) is 7.88. The highest BCUT2D eigenvalue weighted by Crippen LogP contribution is 2.22. The number of nitrogens with one attached hydrogen (secondary N) is 2. The summed E-state index contributed by atoms with van der Waals surface area (Å²) in [5.74, 6) is -0.130. The first kappa shape index (κ1) is 21.3. The van der Waals surface area contributed by atoms with E-state index < -0.39 is 10.0 Å². The van der Waals surface area contributed by atoms with Crippen LogP contribution in [0.15, 0.2) is 71.6 Å². The van der Waals surface area contributed by atoms with Crippen molar-refractivity contribution in [2.24, 2.45) is 0 Å². The molecule has 2 N–H and O–H groups in total. The molecule has 0 bridgehead atoms. The number of amides is 1. The topological polar surface area (TPSA) is 78.5 Å². The van der Waals surface area contributed by atoms with Crippen LogP contribution in [0.25, 0.3) is 10.8 Å². The van der Waals surface area contributed by atoms with Crippen molar-refractivity contribution in [1.29, 1.82) is 0 Å². The second kappa shape index (κ2) is 9.08. The minimum absolute atomic E-state index is 0.107. The van der Waals surface area contributed by atoms with Gasteiger partial charge in [0.15, 0.2) is 0 Å². The summed E-state index contributed by atoms with van der Waals surface area (Å²) in [6.07, 6.45) is 1.82. The van der Waals surface area contributed by atoms with Gasteiger partial charge in [-0.05, 0) is 66.4 Å². The smallest absolute Gasteiger partial charge is 0.243 e. The Bertz CT molecular complexity index is 1170. The van der Waals surface area contributed by atoms with E-state index in [0.717, 1.165) is 23.8 Å². The van der Waals surface area contributed by atoms with Gasteiger partial charge in [0.1, 0.15) is 0 Å². The van der Waals surface area contributed by atoms with E-state index in [1.807, 2.05) is 25.1 Å². The third-order valence-corrected chi connectivity index (χ3v) is 7.57. The number of carbonyl (C=O) groups excluding carboxylic acids is 1. The fourth-order valence-electron chi connectivity index (χ4n) is 3.86. The van der Waals surface area contributed by atoms with Crippen molar-refractivity contribution in [2.45, 2.75) is 30.7 Å². The fraction of sp³-hybridized carbons (Fsp3) is 0.292. The van der Waals surface area contributed by atoms with Crippen molar-refractivity contribution in [3.8, 4) is 0 Å². The van der Waals surface area contributed by atoms with E-state index in [4.69, 9.17) is 0 Å². The van der Waals surface area contributed by atoms with Gasteiger partial charge in [-0.15, -0.1) is 0 Å². The molecule has 7 heteroatoms. The molecule has 1 heterocycles. The molecular formula is C24H27N3O3S. The van der Waals surface area contributed by atoms with Crippen LogP contribution in [0.4, 0.5) is 5.69 Å². The van der Waals surface area contributed by atoms with E-state index in [9.17, 15) is 13.2 Å². The zero-order valence-corrected chi connectivity index (χ0v) is 18.4. The van der Waals surface area contributed by atoms with E-state index in [0.29, 0.717) is 18.8 Å². The van der Waals surface area contributed by atoms with Crippen LogP contribution in [-0.2, 0) is 14.8 Å². The molecule has 0 unspecified atom stereocenters. The molecule has 6 nitrogen and oxygen atoms in total. The molecule has 0 aromatic heterocycles. The van der Waals surface area contributed by atoms with Gasteiger partial charge in [0.25, 0.3) is 0 Å². The molecule has 1 aliphatic rings. The van der Waals surface area contributed by atoms with Crippen LogP contribution >= 0.6 is 0 Å². The second-order valence-corrected chi connectivity index (χ2v) is 9.82. The Labute approximate surface area is 183 Å². The van der Waals surface area contributed by atoms with E-state index in [-0.39, 0.29) is 23.4 Å². The third kappa shape index (κ3) is 4.89. The van der Waals surface area contributed by atoms with Crippen LogP contribution < -0.4 is 10.6 Å². The predicted octanol–water partition coefficient (Wildman–Crippen LogP) is 3.91. The molecule has 1 atom stereocenters. The first-order valence-corrected chi connectivity index (χ1v) is 12.0. The standard InChI is InChI=1S/C24H27N3O3S/c1-18(20-9-8-19-6-2-3-7-21(19)16-20)26-24(28)17-25-22-10-12-23(13-11-22)31(29,30)27-14-4-5-15-27/h2-3,6-13,16,18,25H,4-5,14-15,17H2,1H3,(H,26,28)/t18-/m1/s1. The Morgan fingerprint density at radius 3 is 2.35 bits per heavy atom. The maximum Gasteiger partial charge on any atom is 0.243 e. The third-order valence-electron chi connectivity index (χ3n) is 5.66. The highest BCUT2D eigenvalue weighted by atomic mass is 32.2. The van der Waals surface area contributed by atoms with Crippen molar-refractivity contribution >= 4 is 32.4 Å². The zero-order valence-electron chi connectivity index (χ0n) is 17.5. The first-order valence-electron chi connectivity index (χ1n) is 10.6. The Hall–Kier alpha value is -2.90. The quantitative estimate of drug-likeness (QED) is 0.587. The highest BCUT2D eigenvalue weighted by molar-refractivity contribution is 7.89. The molecule has 3 aromatic carbocycles. The Kier molecular flexibility index (Phi) is 6.25. The Morgan fingerprint density at radius 1 is 0.968 bits per heavy atom. The largest absolute Gasteiger partial charge is 0.376 e. The zero-order chi connectivity index (χ0) is 21.8. The van der Waals surface area contributed by atoms with Gasteiger partial charge in [0.05, 0.1) is 17.5 Å². The Morgan fingerprint density at radius 2 is 1.65 bits per heavy atom. The number of sulfonamides is 1. The van der Waals surface area contributed by atoms with Crippen LogP contribution in [0.3, 0.4) is 0 Å². The number of rotatable bonds is 7. The number of benzene rings is 3. The lowest BCUT2D eigenvalue weighted by Crippen LogP contribution is -2.32. The van der Waals surface area contributed by atoms with E-state index in [1.54, 1.807) is 24.3 Å². The van der Waals surface area contributed by atoms with E-state index in [1.165, 1.54) is 9.69 Å². The number of carbonyl (C=O) groups is 1. The van der Waals surface area contributed by atoms with Crippen LogP contribution in [0.2, 0.25) is 0 Å². The average Bonchev–Trinajstić information content (AvgIpc) is 3.33. The lowest BCUT2D eigenvalue weighted by atomic mass is 10.0. The first-order chi connectivity index (χ1) is 14.9. The average molecular weight is 438 g/mol. The van der Waals surface area contributed by atoms with Crippen LogP contribution in [0.1, 0.15) is 31.4 Å². The summed E-state index contributed by atoms with van der Waals surface area (Å²) in [4.78, 5) is 12.7. The molecule has 1 aliphatic heterocycles. The van der Waals surface area contributed by atoms with Crippen LogP contribution in [-0.4, -0.2) is 38.3 Å². The van der Waals surface area contributed by atoms with Gasteiger partial charge >= 0.3 is 0 Å². The molecule has 0 spiro atoms. The summed E-state index contributed by atoms with van der Waals surface area (Å²) >= 11 is 0. The van der Waals surface area contributed by atoms with Gasteiger partial charge in [0, 0.05) is 18.8 Å². The summed E-state index contributed by atoms with van der Waals surface area (Å²) in [7, 11) is -3.42. The van der Waals surface area contributed by atoms with Gasteiger partial charge in [-0.25, -0.2) is 8.42 Å². The number of hydrogen-bond donors (Lipinski definition) is 2. The van der Waals surface area contributed by atoms with Crippen LogP contribution in [0, 0.1) is 0 Å². The fourth-order valence-corrected chi connectivity index (χ4v) is 5.37. The SMILES string of the molecule is C[C@@H](NC(=O)CNc1ccc(S(=O)(=O)N2CCCC2)cc1)c1ccc2ccccc2c1. The molecule has 1 amide bonds. The monoisotopic (exact) mass is 437 g/mol. The summed E-state index contributed by atoms with van der Waals surface area (Å²) in [6.45, 7) is 3.23. The lowest BCUT2D eigenvalue weighted by molar-refractivity contribution is -0.120. The number of fused-ring (bicyclic) bond motifs is 1. The van der Waals surface area contributed by atoms with Crippen molar-refractivity contribution in [1.82, 2.24) is 9.62 Å². The van der Waals surface area contributed by atoms with Crippen molar-refractivity contribution in [2.75, 3.05) is 25.0 Å². The molecule has 162 valence electrons. The highest BCUT2D eigenvalue weighted by Gasteiger charge is 2.26. The van der Waals surface area contributed by atoms with Crippen LogP contribution in [0.5, 0.6) is 0 Å². The molecule has 0 saturated carbocycles.